The Balaban J connectivity index is 2.58. The molecule has 2 atom stereocenters. The molecule has 1 aliphatic rings. The minimum absolute atomic E-state index is 0.0307. The van der Waals surface area contributed by atoms with Crippen LogP contribution in [0, 0.1) is 21.4 Å². The third-order valence-corrected chi connectivity index (χ3v) is 3.16. The second-order valence-corrected chi connectivity index (χ2v) is 4.19. The fourth-order valence-electron chi connectivity index (χ4n) is 2.35. The van der Waals surface area contributed by atoms with Crippen LogP contribution in [0.1, 0.15) is 39.5 Å². The van der Waals surface area contributed by atoms with E-state index < -0.39 is 0 Å². The maximum atomic E-state index is 10.4. The van der Waals surface area contributed by atoms with E-state index in [1.54, 1.807) is 0 Å². The lowest BCUT2D eigenvalue weighted by Crippen LogP contribution is -2.26. The molecule has 1 aliphatic carbocycles. The smallest absolute Gasteiger partial charge is 0.209 e. The molecule has 1 fully saturated rings. The molecule has 0 aliphatic heterocycles. The lowest BCUT2D eigenvalue weighted by Gasteiger charge is -2.22. The van der Waals surface area contributed by atoms with Gasteiger partial charge in [-0.2, -0.15) is 0 Å². The zero-order chi connectivity index (χ0) is 9.19. The van der Waals surface area contributed by atoms with Gasteiger partial charge in [0.25, 0.3) is 0 Å². The van der Waals surface area contributed by atoms with Gasteiger partial charge in [-0.05, 0) is 31.6 Å². The number of nitro groups is 1. The van der Waals surface area contributed by atoms with Crippen LogP contribution in [0.2, 0.25) is 0 Å². The molecule has 0 aromatic heterocycles. The van der Waals surface area contributed by atoms with Crippen LogP contribution < -0.4 is 0 Å². The molecule has 0 amide bonds. The van der Waals surface area contributed by atoms with Crippen molar-refractivity contribution in [3.8, 4) is 0 Å². The van der Waals surface area contributed by atoms with E-state index in [0.717, 1.165) is 19.3 Å². The van der Waals surface area contributed by atoms with Gasteiger partial charge in [0.15, 0.2) is 0 Å². The molecule has 0 heterocycles. The molecule has 0 N–H and O–H groups in total. The Morgan fingerprint density at radius 3 is 2.67 bits per heavy atom. The second kappa shape index (κ2) is 3.42. The lowest BCUT2D eigenvalue weighted by molar-refractivity contribution is -0.497. The normalized spacial score (nSPS) is 35.3. The fourth-order valence-corrected chi connectivity index (χ4v) is 2.35. The first kappa shape index (κ1) is 9.49. The van der Waals surface area contributed by atoms with E-state index in [4.69, 9.17) is 0 Å². The Labute approximate surface area is 73.3 Å². The largest absolute Gasteiger partial charge is 0.265 e. The fraction of sp³-hybridized carbons (Fsp3) is 1.00. The van der Waals surface area contributed by atoms with Crippen LogP contribution in [0.25, 0.3) is 0 Å². The molecule has 0 aromatic carbocycles. The molecule has 1 rings (SSSR count). The average molecular weight is 171 g/mol. The summed E-state index contributed by atoms with van der Waals surface area (Å²) in [5.74, 6) is 0.685. The highest BCUT2D eigenvalue weighted by molar-refractivity contribution is 4.86. The maximum absolute atomic E-state index is 10.4. The summed E-state index contributed by atoms with van der Waals surface area (Å²) in [5, 5.41) is 10.4. The van der Waals surface area contributed by atoms with Crippen LogP contribution in [0.3, 0.4) is 0 Å². The molecule has 0 spiro atoms. The predicted octanol–water partition coefficient (Wildman–Crippen LogP) is 2.48. The van der Waals surface area contributed by atoms with E-state index >= 15 is 0 Å². The summed E-state index contributed by atoms with van der Waals surface area (Å²) in [6, 6.07) is 0. The van der Waals surface area contributed by atoms with Gasteiger partial charge in [0.1, 0.15) is 0 Å². The van der Waals surface area contributed by atoms with Crippen LogP contribution in [0.15, 0.2) is 0 Å². The zero-order valence-electron chi connectivity index (χ0n) is 7.88. The quantitative estimate of drug-likeness (QED) is 0.483. The predicted molar refractivity (Wildman–Crippen MR) is 47.6 cm³/mol. The first-order valence-electron chi connectivity index (χ1n) is 4.70. The summed E-state index contributed by atoms with van der Waals surface area (Å²) >= 11 is 0. The first-order chi connectivity index (χ1) is 5.58. The Morgan fingerprint density at radius 1 is 1.67 bits per heavy atom. The van der Waals surface area contributed by atoms with Crippen molar-refractivity contribution < 1.29 is 4.92 Å². The van der Waals surface area contributed by atoms with Crippen LogP contribution in [-0.2, 0) is 0 Å². The summed E-state index contributed by atoms with van der Waals surface area (Å²) < 4.78 is 0. The molecule has 12 heavy (non-hydrogen) atoms. The second-order valence-electron chi connectivity index (χ2n) is 4.19. The van der Waals surface area contributed by atoms with Gasteiger partial charge in [0, 0.05) is 10.3 Å². The summed E-state index contributed by atoms with van der Waals surface area (Å²) in [6.07, 6.45) is 4.22. The van der Waals surface area contributed by atoms with Gasteiger partial charge >= 0.3 is 0 Å². The Morgan fingerprint density at radius 2 is 2.33 bits per heavy atom. The Bertz CT molecular complexity index is 181. The number of rotatable bonds is 3. The molecule has 0 unspecified atom stereocenters. The van der Waals surface area contributed by atoms with Crippen molar-refractivity contribution in [3.05, 3.63) is 10.1 Å². The Kier molecular flexibility index (Phi) is 2.70. The molecule has 70 valence electrons. The van der Waals surface area contributed by atoms with E-state index in [1.165, 1.54) is 6.42 Å². The zero-order valence-corrected chi connectivity index (χ0v) is 7.88. The van der Waals surface area contributed by atoms with Crippen LogP contribution in [0.4, 0.5) is 0 Å². The maximum Gasteiger partial charge on any atom is 0.209 e. The minimum Gasteiger partial charge on any atom is -0.265 e. The van der Waals surface area contributed by atoms with Gasteiger partial charge in [-0.15, -0.1) is 0 Å². The molecule has 0 saturated heterocycles. The average Bonchev–Trinajstić information content (AvgIpc) is 2.32. The Hall–Kier alpha value is -0.600. The van der Waals surface area contributed by atoms with Gasteiger partial charge in [0.2, 0.25) is 6.54 Å². The molecule has 3 heteroatoms. The highest BCUT2D eigenvalue weighted by atomic mass is 16.6. The van der Waals surface area contributed by atoms with Crippen LogP contribution >= 0.6 is 0 Å². The summed E-state index contributed by atoms with van der Waals surface area (Å²) in [4.78, 5) is 10.3. The third-order valence-electron chi connectivity index (χ3n) is 3.16. The summed E-state index contributed by atoms with van der Waals surface area (Å²) in [6.45, 7) is 4.44. The molecule has 0 bridgehead atoms. The van der Waals surface area contributed by atoms with Crippen molar-refractivity contribution in [2.45, 2.75) is 39.5 Å². The van der Waals surface area contributed by atoms with Crippen molar-refractivity contribution in [2.24, 2.45) is 11.3 Å². The minimum atomic E-state index is -0.151. The van der Waals surface area contributed by atoms with E-state index in [0.29, 0.717) is 5.92 Å². The van der Waals surface area contributed by atoms with Gasteiger partial charge in [-0.25, -0.2) is 0 Å². The monoisotopic (exact) mass is 171 g/mol. The molecule has 0 aromatic rings. The van der Waals surface area contributed by atoms with Crippen molar-refractivity contribution in [3.63, 3.8) is 0 Å². The number of nitrogens with zero attached hydrogens (tertiary/aromatic N) is 1. The number of hydrogen-bond acceptors (Lipinski definition) is 2. The van der Waals surface area contributed by atoms with Gasteiger partial charge < -0.3 is 0 Å². The van der Waals surface area contributed by atoms with Crippen molar-refractivity contribution in [2.75, 3.05) is 6.54 Å². The van der Waals surface area contributed by atoms with E-state index in [-0.39, 0.29) is 16.9 Å². The standard InChI is InChI=1S/C9H17NO2/c1-3-9(7-10(11)12)5-4-8(2)6-9/h8H,3-7H2,1-2H3/t8-,9+/m1/s1. The molecule has 1 saturated carbocycles. The number of hydrogen-bond donors (Lipinski definition) is 0. The lowest BCUT2D eigenvalue weighted by atomic mass is 9.83. The van der Waals surface area contributed by atoms with Gasteiger partial charge in [-0.3, -0.25) is 10.1 Å². The van der Waals surface area contributed by atoms with Crippen molar-refractivity contribution in [1.29, 1.82) is 0 Å². The summed E-state index contributed by atoms with van der Waals surface area (Å²) in [5.41, 5.74) is 0.0307. The first-order valence-corrected chi connectivity index (χ1v) is 4.70. The van der Waals surface area contributed by atoms with Crippen LogP contribution in [0.5, 0.6) is 0 Å². The van der Waals surface area contributed by atoms with Crippen LogP contribution in [-0.4, -0.2) is 11.5 Å². The summed E-state index contributed by atoms with van der Waals surface area (Å²) in [7, 11) is 0. The highest BCUT2D eigenvalue weighted by Gasteiger charge is 2.39. The SMILES string of the molecule is CC[C@]1(C[N+](=O)[O-])CC[C@@H](C)C1. The van der Waals surface area contributed by atoms with E-state index in [2.05, 4.69) is 13.8 Å². The molecular formula is C9H17NO2. The van der Waals surface area contributed by atoms with Crippen molar-refractivity contribution in [1.82, 2.24) is 0 Å². The highest BCUT2D eigenvalue weighted by Crippen LogP contribution is 2.44. The van der Waals surface area contributed by atoms with Gasteiger partial charge in [0.05, 0.1) is 0 Å². The molecule has 3 nitrogen and oxygen atoms in total. The molecule has 0 radical (unpaired) electrons. The topological polar surface area (TPSA) is 43.1 Å². The van der Waals surface area contributed by atoms with Gasteiger partial charge in [-0.1, -0.05) is 13.8 Å². The van der Waals surface area contributed by atoms with Crippen molar-refractivity contribution >= 4 is 0 Å². The van der Waals surface area contributed by atoms with E-state index in [1.807, 2.05) is 0 Å². The van der Waals surface area contributed by atoms with E-state index in [9.17, 15) is 10.1 Å². The molecular weight excluding hydrogens is 154 g/mol. The third kappa shape index (κ3) is 1.96.